The third-order valence-corrected chi connectivity index (χ3v) is 10.7. The fourth-order valence-corrected chi connectivity index (χ4v) is 8.28. The minimum Gasteiger partial charge on any atom is -0.458 e. The molecule has 52 heavy (non-hydrogen) atoms. The Hall–Kier alpha value is -6.78. The quantitative estimate of drug-likeness (QED) is 0.175. The molecule has 0 fully saturated rings. The third kappa shape index (κ3) is 4.48. The van der Waals surface area contributed by atoms with Crippen molar-refractivity contribution >= 4 is 44.9 Å². The second kappa shape index (κ2) is 11.4. The van der Waals surface area contributed by atoms with E-state index in [0.717, 1.165) is 78.5 Å². The predicted octanol–water partition coefficient (Wildman–Crippen LogP) is 10.5. The second-order valence-corrected chi connectivity index (χ2v) is 13.7. The van der Waals surface area contributed by atoms with E-state index in [-0.39, 0.29) is 6.71 Å². The predicted molar refractivity (Wildman–Crippen MR) is 215 cm³/mol. The number of benzene rings is 8. The van der Waals surface area contributed by atoms with Gasteiger partial charge in [0, 0.05) is 21.9 Å². The van der Waals surface area contributed by atoms with Gasteiger partial charge in [-0.3, -0.25) is 0 Å². The molecule has 242 valence electrons. The molecule has 3 heterocycles. The van der Waals surface area contributed by atoms with E-state index in [1.54, 1.807) is 0 Å². The van der Waals surface area contributed by atoms with Gasteiger partial charge in [0.15, 0.2) is 0 Å². The van der Waals surface area contributed by atoms with Crippen molar-refractivity contribution in [3.05, 3.63) is 182 Å². The van der Waals surface area contributed by atoms with Crippen LogP contribution in [0, 0.1) is 0 Å². The molecular formula is C48H30BNO2. The van der Waals surface area contributed by atoms with Gasteiger partial charge < -0.3 is 14.0 Å². The largest absolute Gasteiger partial charge is 0.458 e. The van der Waals surface area contributed by atoms with Crippen molar-refractivity contribution in [2.24, 2.45) is 0 Å². The molecule has 3 nitrogen and oxygen atoms in total. The van der Waals surface area contributed by atoms with E-state index >= 15 is 0 Å². The van der Waals surface area contributed by atoms with Crippen LogP contribution >= 0.6 is 0 Å². The number of ether oxygens (including phenoxy) is 2. The SMILES string of the molecule is c1ccc(-c2ccc3c(c2)Oc2cc(-c4ccc(-n5c6ccccc6c6ccccc65)cc4)cc4c2B3c2ccc(-c3ccccc3)cc2O4)cc1. The fraction of sp³-hybridized carbons (Fsp3) is 0. The van der Waals surface area contributed by atoms with Gasteiger partial charge in [-0.05, 0) is 92.8 Å². The van der Waals surface area contributed by atoms with Crippen LogP contribution in [0.3, 0.4) is 0 Å². The molecule has 0 spiro atoms. The molecule has 0 aliphatic carbocycles. The van der Waals surface area contributed by atoms with Gasteiger partial charge in [-0.25, -0.2) is 0 Å². The zero-order valence-electron chi connectivity index (χ0n) is 28.2. The Bertz CT molecular complexity index is 2670. The molecule has 0 bridgehead atoms. The van der Waals surface area contributed by atoms with Crippen LogP contribution in [0.2, 0.25) is 0 Å². The summed E-state index contributed by atoms with van der Waals surface area (Å²) < 4.78 is 16.1. The van der Waals surface area contributed by atoms with Crippen molar-refractivity contribution in [2.45, 2.75) is 0 Å². The zero-order chi connectivity index (χ0) is 34.2. The molecule has 0 radical (unpaired) electrons. The molecule has 1 aromatic heterocycles. The van der Waals surface area contributed by atoms with Crippen LogP contribution in [0.4, 0.5) is 0 Å². The average Bonchev–Trinajstić information content (AvgIpc) is 3.55. The summed E-state index contributed by atoms with van der Waals surface area (Å²) >= 11 is 0. The number of para-hydroxylation sites is 2. The van der Waals surface area contributed by atoms with Crippen LogP contribution < -0.4 is 25.9 Å². The Morgan fingerprint density at radius 3 is 1.29 bits per heavy atom. The van der Waals surface area contributed by atoms with E-state index in [4.69, 9.17) is 9.47 Å². The van der Waals surface area contributed by atoms with Crippen molar-refractivity contribution in [3.8, 4) is 62.1 Å². The van der Waals surface area contributed by atoms with Gasteiger partial charge in [-0.2, -0.15) is 0 Å². The highest BCUT2D eigenvalue weighted by atomic mass is 16.5. The molecule has 11 rings (SSSR count). The van der Waals surface area contributed by atoms with E-state index in [0.29, 0.717) is 0 Å². The van der Waals surface area contributed by atoms with E-state index in [9.17, 15) is 0 Å². The van der Waals surface area contributed by atoms with Crippen molar-refractivity contribution in [2.75, 3.05) is 0 Å². The first kappa shape index (κ1) is 29.0. The Kier molecular flexibility index (Phi) is 6.35. The Morgan fingerprint density at radius 1 is 0.346 bits per heavy atom. The van der Waals surface area contributed by atoms with Gasteiger partial charge in [-0.1, -0.05) is 133 Å². The molecule has 4 heteroatoms. The third-order valence-electron chi connectivity index (χ3n) is 10.7. The number of fused-ring (bicyclic) bond motifs is 7. The van der Waals surface area contributed by atoms with Crippen LogP contribution in [0.1, 0.15) is 0 Å². The molecule has 2 aliphatic heterocycles. The summed E-state index contributed by atoms with van der Waals surface area (Å²) in [6.07, 6.45) is 0. The van der Waals surface area contributed by atoms with Crippen LogP contribution in [-0.2, 0) is 0 Å². The zero-order valence-corrected chi connectivity index (χ0v) is 28.2. The van der Waals surface area contributed by atoms with Crippen molar-refractivity contribution < 1.29 is 9.47 Å². The second-order valence-electron chi connectivity index (χ2n) is 13.7. The molecule has 0 saturated heterocycles. The Morgan fingerprint density at radius 2 is 0.769 bits per heavy atom. The lowest BCUT2D eigenvalue weighted by molar-refractivity contribution is 0.465. The molecule has 9 aromatic rings. The number of hydrogen-bond acceptors (Lipinski definition) is 2. The monoisotopic (exact) mass is 663 g/mol. The number of rotatable bonds is 4. The fourth-order valence-electron chi connectivity index (χ4n) is 8.28. The van der Waals surface area contributed by atoms with Crippen LogP contribution in [0.15, 0.2) is 182 Å². The number of nitrogens with zero attached hydrogens (tertiary/aromatic N) is 1. The molecule has 0 N–H and O–H groups in total. The lowest BCUT2D eigenvalue weighted by Gasteiger charge is -2.34. The van der Waals surface area contributed by atoms with Crippen LogP contribution in [-0.4, -0.2) is 11.3 Å². The lowest BCUT2D eigenvalue weighted by Crippen LogP contribution is -2.57. The minimum absolute atomic E-state index is 0.0149. The summed E-state index contributed by atoms with van der Waals surface area (Å²) in [4.78, 5) is 0. The van der Waals surface area contributed by atoms with Gasteiger partial charge >= 0.3 is 0 Å². The van der Waals surface area contributed by atoms with E-state index in [1.807, 2.05) is 0 Å². The van der Waals surface area contributed by atoms with Gasteiger partial charge in [0.2, 0.25) is 0 Å². The molecule has 0 amide bonds. The maximum atomic E-state index is 6.85. The molecule has 8 aromatic carbocycles. The minimum atomic E-state index is -0.0149. The Labute approximate surface area is 302 Å². The lowest BCUT2D eigenvalue weighted by atomic mass is 9.34. The van der Waals surface area contributed by atoms with Gasteiger partial charge in [0.1, 0.15) is 23.0 Å². The highest BCUT2D eigenvalue weighted by molar-refractivity contribution is 6.98. The van der Waals surface area contributed by atoms with Gasteiger partial charge in [0.25, 0.3) is 6.71 Å². The van der Waals surface area contributed by atoms with Gasteiger partial charge in [0.05, 0.1) is 11.0 Å². The normalized spacial score (nSPS) is 12.5. The molecular weight excluding hydrogens is 633 g/mol. The smallest absolute Gasteiger partial charge is 0.260 e. The molecule has 0 unspecified atom stereocenters. The van der Waals surface area contributed by atoms with E-state index in [2.05, 4.69) is 187 Å². The number of hydrogen-bond donors (Lipinski definition) is 0. The average molecular weight is 664 g/mol. The highest BCUT2D eigenvalue weighted by Gasteiger charge is 2.40. The molecule has 0 saturated carbocycles. The maximum Gasteiger partial charge on any atom is 0.260 e. The van der Waals surface area contributed by atoms with Crippen LogP contribution in [0.25, 0.3) is 60.9 Å². The van der Waals surface area contributed by atoms with Crippen LogP contribution in [0.5, 0.6) is 23.0 Å². The van der Waals surface area contributed by atoms with Crippen molar-refractivity contribution in [3.63, 3.8) is 0 Å². The van der Waals surface area contributed by atoms with Crippen molar-refractivity contribution in [1.82, 2.24) is 4.57 Å². The summed E-state index contributed by atoms with van der Waals surface area (Å²) in [6, 6.07) is 64.7. The summed E-state index contributed by atoms with van der Waals surface area (Å²) in [6.45, 7) is -0.0149. The summed E-state index contributed by atoms with van der Waals surface area (Å²) in [5, 5.41) is 2.51. The first-order valence-corrected chi connectivity index (χ1v) is 17.8. The topological polar surface area (TPSA) is 23.4 Å². The highest BCUT2D eigenvalue weighted by Crippen LogP contribution is 2.41. The number of aromatic nitrogens is 1. The first-order valence-electron chi connectivity index (χ1n) is 17.8. The first-order chi connectivity index (χ1) is 25.8. The van der Waals surface area contributed by atoms with E-state index in [1.165, 1.54) is 21.8 Å². The van der Waals surface area contributed by atoms with Gasteiger partial charge in [-0.15, -0.1) is 0 Å². The summed E-state index contributed by atoms with van der Waals surface area (Å²) in [5.41, 5.74) is 13.6. The molecule has 2 aliphatic rings. The standard InChI is InChI=1S/C48H30BNO2/c1-3-11-31(12-4-1)34-21-25-40-44(27-34)51-46-29-36(30-47-48(46)49(40)41-26-22-35(28-45(41)52-47)32-13-5-2-6-14-32)33-19-23-37(24-20-33)50-42-17-9-7-15-38(42)39-16-8-10-18-43(39)50/h1-30H. The van der Waals surface area contributed by atoms with Crippen molar-refractivity contribution in [1.29, 1.82) is 0 Å². The summed E-state index contributed by atoms with van der Waals surface area (Å²) in [7, 11) is 0. The summed E-state index contributed by atoms with van der Waals surface area (Å²) in [5.74, 6) is 3.42. The Balaban J connectivity index is 1.05. The van der Waals surface area contributed by atoms with E-state index < -0.39 is 0 Å². The molecule has 0 atom stereocenters. The maximum absolute atomic E-state index is 6.85.